The zero-order chi connectivity index (χ0) is 29.8. The number of ether oxygens (including phenoxy) is 2. The number of aliphatic hydroxyl groups is 1. The Morgan fingerprint density at radius 2 is 1.79 bits per heavy atom. The third-order valence-electron chi connectivity index (χ3n) is 7.78. The third-order valence-corrected chi connectivity index (χ3v) is 11.1. The molecule has 0 bridgehead atoms. The summed E-state index contributed by atoms with van der Waals surface area (Å²) < 4.78 is 66.5. The predicted octanol–water partition coefficient (Wildman–Crippen LogP) is 2.00. The maximum absolute atomic E-state index is 13.4. The number of aromatic nitrogens is 1. The van der Waals surface area contributed by atoms with Crippen molar-refractivity contribution in [3.63, 3.8) is 0 Å². The van der Waals surface area contributed by atoms with E-state index in [2.05, 4.69) is 15.0 Å². The van der Waals surface area contributed by atoms with E-state index in [4.69, 9.17) is 9.47 Å². The van der Waals surface area contributed by atoms with Gasteiger partial charge < -0.3 is 19.9 Å². The summed E-state index contributed by atoms with van der Waals surface area (Å²) in [5.41, 5.74) is 1.26. The van der Waals surface area contributed by atoms with Crippen LogP contribution in [0.3, 0.4) is 0 Å². The molecular formula is C29H36N4O7S2. The Morgan fingerprint density at radius 3 is 2.52 bits per heavy atom. The van der Waals surface area contributed by atoms with Crippen molar-refractivity contribution >= 4 is 20.0 Å². The minimum absolute atomic E-state index is 0.0103. The number of aliphatic hydroxyl groups excluding tert-OH is 1. The fourth-order valence-electron chi connectivity index (χ4n) is 5.38. The van der Waals surface area contributed by atoms with E-state index in [0.717, 1.165) is 17.5 Å². The van der Waals surface area contributed by atoms with Gasteiger partial charge in [0, 0.05) is 49.7 Å². The molecule has 0 unspecified atom stereocenters. The SMILES string of the molecule is CNS(=O)(=O)c1cccc(OC[C@@H](O)CN[C@@H]2COC3(CCN(S(=O)(=O)c4cccc(-c5cccnc5)c4)CC3)C2)c1. The van der Waals surface area contributed by atoms with Crippen LogP contribution in [-0.2, 0) is 24.8 Å². The second-order valence-electron chi connectivity index (χ2n) is 10.6. The highest BCUT2D eigenvalue weighted by atomic mass is 32.2. The number of hydrogen-bond donors (Lipinski definition) is 3. The Bertz CT molecular complexity index is 1580. The Labute approximate surface area is 247 Å². The summed E-state index contributed by atoms with van der Waals surface area (Å²) in [7, 11) is -5.91. The van der Waals surface area contributed by atoms with Gasteiger partial charge in [-0.3, -0.25) is 4.98 Å². The van der Waals surface area contributed by atoms with Crippen LogP contribution in [-0.4, -0.2) is 88.9 Å². The van der Waals surface area contributed by atoms with Gasteiger partial charge in [0.15, 0.2) is 0 Å². The molecule has 2 aliphatic rings. The molecule has 2 fully saturated rings. The highest BCUT2D eigenvalue weighted by Gasteiger charge is 2.44. The average molecular weight is 617 g/mol. The molecule has 2 saturated heterocycles. The van der Waals surface area contributed by atoms with E-state index in [1.165, 1.54) is 23.5 Å². The van der Waals surface area contributed by atoms with Crippen LogP contribution in [0.5, 0.6) is 5.75 Å². The Morgan fingerprint density at radius 1 is 1.05 bits per heavy atom. The first-order valence-electron chi connectivity index (χ1n) is 13.8. The monoisotopic (exact) mass is 616 g/mol. The van der Waals surface area contributed by atoms with Crippen LogP contribution in [0.25, 0.3) is 11.1 Å². The molecule has 0 aliphatic carbocycles. The fourth-order valence-corrected chi connectivity index (χ4v) is 7.63. The first-order valence-corrected chi connectivity index (χ1v) is 16.8. The maximum Gasteiger partial charge on any atom is 0.243 e. The molecule has 0 amide bonds. The molecule has 5 rings (SSSR count). The number of rotatable bonds is 11. The molecule has 226 valence electrons. The van der Waals surface area contributed by atoms with Crippen LogP contribution < -0.4 is 14.8 Å². The normalized spacial score (nSPS) is 20.0. The van der Waals surface area contributed by atoms with Crippen LogP contribution in [0.15, 0.2) is 82.8 Å². The van der Waals surface area contributed by atoms with E-state index >= 15 is 0 Å². The summed E-state index contributed by atoms with van der Waals surface area (Å²) in [6.45, 7) is 1.46. The highest BCUT2D eigenvalue weighted by Crippen LogP contribution is 2.37. The average Bonchev–Trinajstić information content (AvgIpc) is 3.41. The van der Waals surface area contributed by atoms with Crippen molar-refractivity contribution in [2.75, 3.05) is 39.9 Å². The summed E-state index contributed by atoms with van der Waals surface area (Å²) >= 11 is 0. The second-order valence-corrected chi connectivity index (χ2v) is 14.4. The van der Waals surface area contributed by atoms with Crippen molar-refractivity contribution in [3.8, 4) is 16.9 Å². The molecule has 1 spiro atoms. The molecule has 2 aliphatic heterocycles. The van der Waals surface area contributed by atoms with Gasteiger partial charge in [-0.25, -0.2) is 21.6 Å². The molecular weight excluding hydrogens is 580 g/mol. The number of nitrogens with one attached hydrogen (secondary N) is 2. The van der Waals surface area contributed by atoms with Gasteiger partial charge in [0.1, 0.15) is 18.5 Å². The van der Waals surface area contributed by atoms with Crippen molar-refractivity contribution in [3.05, 3.63) is 73.1 Å². The zero-order valence-electron chi connectivity index (χ0n) is 23.3. The van der Waals surface area contributed by atoms with Gasteiger partial charge in [-0.15, -0.1) is 0 Å². The van der Waals surface area contributed by atoms with E-state index in [0.29, 0.717) is 38.3 Å². The molecule has 0 radical (unpaired) electrons. The summed E-state index contributed by atoms with van der Waals surface area (Å²) in [4.78, 5) is 4.47. The molecule has 42 heavy (non-hydrogen) atoms. The Kier molecular flexibility index (Phi) is 9.28. The van der Waals surface area contributed by atoms with Gasteiger partial charge in [0.2, 0.25) is 20.0 Å². The quantitative estimate of drug-likeness (QED) is 0.294. The van der Waals surface area contributed by atoms with Crippen molar-refractivity contribution in [1.82, 2.24) is 19.3 Å². The second kappa shape index (κ2) is 12.8. The number of piperidine rings is 1. The summed E-state index contributed by atoms with van der Waals surface area (Å²) in [5.74, 6) is 0.346. The molecule has 11 nitrogen and oxygen atoms in total. The highest BCUT2D eigenvalue weighted by molar-refractivity contribution is 7.89. The van der Waals surface area contributed by atoms with Crippen LogP contribution in [0.1, 0.15) is 19.3 Å². The first kappa shape index (κ1) is 30.5. The van der Waals surface area contributed by atoms with Crippen molar-refractivity contribution in [2.45, 2.75) is 46.8 Å². The van der Waals surface area contributed by atoms with Gasteiger partial charge in [0.25, 0.3) is 0 Å². The lowest BCUT2D eigenvalue weighted by molar-refractivity contribution is -0.0312. The van der Waals surface area contributed by atoms with Gasteiger partial charge in [-0.2, -0.15) is 4.31 Å². The molecule has 3 heterocycles. The molecule has 3 N–H and O–H groups in total. The van der Waals surface area contributed by atoms with Gasteiger partial charge in [-0.1, -0.05) is 24.3 Å². The van der Waals surface area contributed by atoms with Gasteiger partial charge >= 0.3 is 0 Å². The van der Waals surface area contributed by atoms with Crippen molar-refractivity contribution < 1.29 is 31.4 Å². The number of hydrogen-bond acceptors (Lipinski definition) is 9. The fraction of sp³-hybridized carbons (Fsp3) is 0.414. The largest absolute Gasteiger partial charge is 0.491 e. The first-order chi connectivity index (χ1) is 20.1. The Hall–Kier alpha value is -2.91. The minimum Gasteiger partial charge on any atom is -0.491 e. The molecule has 0 saturated carbocycles. The van der Waals surface area contributed by atoms with Crippen LogP contribution in [0.2, 0.25) is 0 Å². The van der Waals surface area contributed by atoms with Gasteiger partial charge in [-0.05, 0) is 62.2 Å². The standard InChI is InChI=1S/C29H36N4O7S2/c1-30-41(35,36)27-8-3-7-26(16-27)39-21-25(34)19-32-24-17-29(40-20-24)10-13-33(14-11-29)42(37,38)28-9-2-5-22(15-28)23-6-4-12-31-18-23/h2-9,12,15-16,18,24-25,30,32,34H,10-11,13-14,17,19-21H2,1H3/t24-,25-/m0/s1. The van der Waals surface area contributed by atoms with E-state index in [1.807, 2.05) is 18.2 Å². The molecule has 2 aromatic carbocycles. The summed E-state index contributed by atoms with van der Waals surface area (Å²) in [6.07, 6.45) is 4.46. The lowest BCUT2D eigenvalue weighted by atomic mass is 9.88. The predicted molar refractivity (Wildman–Crippen MR) is 157 cm³/mol. The Balaban J connectivity index is 1.10. The number of benzene rings is 2. The van der Waals surface area contributed by atoms with Crippen LogP contribution in [0, 0.1) is 0 Å². The minimum atomic E-state index is -3.66. The summed E-state index contributed by atoms with van der Waals surface area (Å²) in [5, 5.41) is 13.8. The smallest absolute Gasteiger partial charge is 0.243 e. The lowest BCUT2D eigenvalue weighted by Crippen LogP contribution is -2.47. The maximum atomic E-state index is 13.4. The van der Waals surface area contributed by atoms with Crippen molar-refractivity contribution in [2.24, 2.45) is 0 Å². The molecule has 2 atom stereocenters. The van der Waals surface area contributed by atoms with E-state index in [1.54, 1.807) is 42.7 Å². The van der Waals surface area contributed by atoms with E-state index in [9.17, 15) is 21.9 Å². The van der Waals surface area contributed by atoms with Gasteiger partial charge in [0.05, 0.1) is 22.0 Å². The number of sulfonamides is 2. The topological polar surface area (TPSA) is 147 Å². The molecule has 3 aromatic rings. The number of nitrogens with zero attached hydrogens (tertiary/aromatic N) is 2. The molecule has 1 aromatic heterocycles. The third kappa shape index (κ3) is 7.00. The van der Waals surface area contributed by atoms with E-state index < -0.39 is 31.8 Å². The summed E-state index contributed by atoms with van der Waals surface area (Å²) in [6, 6.07) is 16.8. The zero-order valence-corrected chi connectivity index (χ0v) is 25.0. The van der Waals surface area contributed by atoms with E-state index in [-0.39, 0.29) is 29.0 Å². The molecule has 13 heteroatoms. The van der Waals surface area contributed by atoms with Crippen molar-refractivity contribution in [1.29, 1.82) is 0 Å². The van der Waals surface area contributed by atoms with Crippen LogP contribution >= 0.6 is 0 Å². The van der Waals surface area contributed by atoms with Crippen LogP contribution in [0.4, 0.5) is 0 Å². The number of pyridine rings is 1. The lowest BCUT2D eigenvalue weighted by Gasteiger charge is -2.38.